The maximum atomic E-state index is 13.9. The largest absolute Gasteiger partial charge is 0.488 e. The summed E-state index contributed by atoms with van der Waals surface area (Å²) in [7, 11) is 0. The number of alkyl halides is 3. The van der Waals surface area contributed by atoms with E-state index in [4.69, 9.17) is 9.47 Å². The first kappa shape index (κ1) is 23.9. The Hall–Kier alpha value is -3.29. The maximum Gasteiger partial charge on any atom is 0.421 e. The molecule has 1 fully saturated rings. The molecular weight excluding hydrogens is 443 g/mol. The fourth-order valence-electron chi connectivity index (χ4n) is 4.13. The van der Waals surface area contributed by atoms with Crippen LogP contribution in [0.1, 0.15) is 50.2 Å². The minimum Gasteiger partial charge on any atom is -0.488 e. The van der Waals surface area contributed by atoms with E-state index >= 15 is 0 Å². The van der Waals surface area contributed by atoms with E-state index in [1.807, 2.05) is 36.4 Å². The van der Waals surface area contributed by atoms with E-state index in [9.17, 15) is 13.2 Å². The molecule has 8 heteroatoms. The van der Waals surface area contributed by atoms with Crippen molar-refractivity contribution in [1.82, 2.24) is 9.97 Å². The van der Waals surface area contributed by atoms with Gasteiger partial charge in [0.05, 0.1) is 11.8 Å². The molecule has 1 aromatic heterocycles. The third-order valence-corrected chi connectivity index (χ3v) is 5.84. The highest BCUT2D eigenvalue weighted by atomic mass is 19.4. The SMILES string of the molecule is CCN(c1ccccc1OC1CCCCC1)c1nc(OCc2ccccc2)ncc1C(F)(F)F. The minimum atomic E-state index is -4.63. The van der Waals surface area contributed by atoms with Gasteiger partial charge in [0.25, 0.3) is 0 Å². The van der Waals surface area contributed by atoms with Crippen LogP contribution < -0.4 is 14.4 Å². The summed E-state index contributed by atoms with van der Waals surface area (Å²) < 4.78 is 53.7. The number of hydrogen-bond acceptors (Lipinski definition) is 5. The number of rotatable bonds is 8. The van der Waals surface area contributed by atoms with Crippen molar-refractivity contribution in [3.63, 3.8) is 0 Å². The molecule has 4 rings (SSSR count). The van der Waals surface area contributed by atoms with Gasteiger partial charge in [0, 0.05) is 12.7 Å². The lowest BCUT2D eigenvalue weighted by Gasteiger charge is -2.29. The lowest BCUT2D eigenvalue weighted by molar-refractivity contribution is -0.137. The topological polar surface area (TPSA) is 47.5 Å². The molecule has 0 saturated heterocycles. The van der Waals surface area contributed by atoms with Crippen LogP contribution in [-0.2, 0) is 12.8 Å². The predicted octanol–water partition coefficient (Wildman–Crippen LogP) is 6.94. The standard InChI is InChI=1S/C26H28F3N3O2/c1-2-32(22-15-9-10-16-23(22)34-20-13-7-4-8-14-20)24-21(26(27,28)29)17-30-25(31-24)33-18-19-11-5-3-6-12-19/h3,5-6,9-12,15-17,20H,2,4,7-8,13-14,18H2,1H3. The number of nitrogens with zero attached hydrogens (tertiary/aromatic N) is 3. The zero-order chi connectivity index (χ0) is 24.0. The molecule has 1 saturated carbocycles. The number of aromatic nitrogens is 2. The van der Waals surface area contributed by atoms with E-state index in [0.29, 0.717) is 11.4 Å². The fraction of sp³-hybridized carbons (Fsp3) is 0.385. The van der Waals surface area contributed by atoms with Gasteiger partial charge in [-0.3, -0.25) is 0 Å². The third-order valence-electron chi connectivity index (χ3n) is 5.84. The smallest absolute Gasteiger partial charge is 0.421 e. The highest BCUT2D eigenvalue weighted by Crippen LogP contribution is 2.41. The molecule has 0 N–H and O–H groups in total. The monoisotopic (exact) mass is 471 g/mol. The summed E-state index contributed by atoms with van der Waals surface area (Å²) in [6.07, 6.45) is 1.48. The molecule has 0 amide bonds. The molecule has 0 atom stereocenters. The summed E-state index contributed by atoms with van der Waals surface area (Å²) in [5.41, 5.74) is 0.480. The van der Waals surface area contributed by atoms with Gasteiger partial charge in [0.1, 0.15) is 17.9 Å². The van der Waals surface area contributed by atoms with Crippen molar-refractivity contribution >= 4 is 11.5 Å². The second kappa shape index (κ2) is 10.8. The zero-order valence-electron chi connectivity index (χ0n) is 19.1. The Morgan fingerprint density at radius 2 is 1.68 bits per heavy atom. The Morgan fingerprint density at radius 3 is 2.38 bits per heavy atom. The van der Waals surface area contributed by atoms with Crippen molar-refractivity contribution in [2.75, 3.05) is 11.4 Å². The molecule has 5 nitrogen and oxygen atoms in total. The number of anilines is 2. The summed E-state index contributed by atoms with van der Waals surface area (Å²) in [4.78, 5) is 9.55. The zero-order valence-corrected chi connectivity index (χ0v) is 19.1. The molecule has 1 aliphatic carbocycles. The minimum absolute atomic E-state index is 0.0610. The summed E-state index contributed by atoms with van der Waals surface area (Å²) in [6, 6.07) is 16.4. The van der Waals surface area contributed by atoms with Gasteiger partial charge in [0.15, 0.2) is 5.82 Å². The first-order valence-corrected chi connectivity index (χ1v) is 11.6. The molecule has 0 spiro atoms. The highest BCUT2D eigenvalue weighted by Gasteiger charge is 2.37. The van der Waals surface area contributed by atoms with Gasteiger partial charge >= 0.3 is 12.2 Å². The molecule has 0 radical (unpaired) electrons. The van der Waals surface area contributed by atoms with Crippen molar-refractivity contribution in [3.8, 4) is 11.8 Å². The van der Waals surface area contributed by atoms with Gasteiger partial charge in [-0.15, -0.1) is 0 Å². The molecule has 0 unspecified atom stereocenters. The van der Waals surface area contributed by atoms with Gasteiger partial charge in [-0.25, -0.2) is 4.98 Å². The van der Waals surface area contributed by atoms with E-state index in [1.54, 1.807) is 25.1 Å². The van der Waals surface area contributed by atoms with E-state index in [0.717, 1.165) is 37.4 Å². The van der Waals surface area contributed by atoms with Crippen molar-refractivity contribution in [3.05, 3.63) is 71.9 Å². The molecule has 2 aromatic carbocycles. The molecule has 0 bridgehead atoms. The normalized spacial score (nSPS) is 14.6. The molecule has 34 heavy (non-hydrogen) atoms. The van der Waals surface area contributed by atoms with Crippen LogP contribution in [0.2, 0.25) is 0 Å². The van der Waals surface area contributed by atoms with Crippen LogP contribution in [0.25, 0.3) is 0 Å². The average molecular weight is 472 g/mol. The van der Waals surface area contributed by atoms with Crippen LogP contribution in [0.4, 0.5) is 24.7 Å². The Bertz CT molecular complexity index is 1070. The molecular formula is C26H28F3N3O2. The number of benzene rings is 2. The second-order valence-electron chi connectivity index (χ2n) is 8.25. The first-order valence-electron chi connectivity index (χ1n) is 11.6. The summed E-state index contributed by atoms with van der Waals surface area (Å²) in [5, 5.41) is 0. The van der Waals surface area contributed by atoms with Gasteiger partial charge in [-0.1, -0.05) is 48.9 Å². The Balaban J connectivity index is 1.67. The van der Waals surface area contributed by atoms with Crippen LogP contribution in [0.5, 0.6) is 11.8 Å². The van der Waals surface area contributed by atoms with Crippen LogP contribution in [0, 0.1) is 0 Å². The first-order chi connectivity index (χ1) is 16.5. The van der Waals surface area contributed by atoms with E-state index in [1.165, 1.54) is 11.3 Å². The van der Waals surface area contributed by atoms with E-state index < -0.39 is 11.7 Å². The molecule has 1 aliphatic rings. The molecule has 180 valence electrons. The van der Waals surface area contributed by atoms with Crippen molar-refractivity contribution in [2.24, 2.45) is 0 Å². The Morgan fingerprint density at radius 1 is 0.971 bits per heavy atom. The van der Waals surface area contributed by atoms with Crippen molar-refractivity contribution in [2.45, 2.75) is 57.9 Å². The highest BCUT2D eigenvalue weighted by molar-refractivity contribution is 5.69. The van der Waals surface area contributed by atoms with Crippen LogP contribution in [-0.4, -0.2) is 22.6 Å². The van der Waals surface area contributed by atoms with E-state index in [2.05, 4.69) is 9.97 Å². The van der Waals surface area contributed by atoms with Crippen LogP contribution in [0.15, 0.2) is 60.8 Å². The maximum absolute atomic E-state index is 13.9. The molecule has 1 heterocycles. The summed E-state index contributed by atoms with van der Waals surface area (Å²) >= 11 is 0. The summed E-state index contributed by atoms with van der Waals surface area (Å²) in [6.45, 7) is 2.19. The molecule has 3 aromatic rings. The van der Waals surface area contributed by atoms with Gasteiger partial charge in [0.2, 0.25) is 0 Å². The van der Waals surface area contributed by atoms with E-state index in [-0.39, 0.29) is 31.1 Å². The average Bonchev–Trinajstić information content (AvgIpc) is 2.85. The number of ether oxygens (including phenoxy) is 2. The van der Waals surface area contributed by atoms with Gasteiger partial charge in [-0.05, 0) is 50.3 Å². The second-order valence-corrected chi connectivity index (χ2v) is 8.25. The quantitative estimate of drug-likeness (QED) is 0.356. The number of hydrogen-bond donors (Lipinski definition) is 0. The van der Waals surface area contributed by atoms with Gasteiger partial charge < -0.3 is 14.4 Å². The fourth-order valence-corrected chi connectivity index (χ4v) is 4.13. The predicted molar refractivity (Wildman–Crippen MR) is 124 cm³/mol. The number of halogens is 3. The van der Waals surface area contributed by atoms with Crippen LogP contribution in [0.3, 0.4) is 0 Å². The third kappa shape index (κ3) is 5.79. The lowest BCUT2D eigenvalue weighted by Crippen LogP contribution is -2.25. The van der Waals surface area contributed by atoms with Gasteiger partial charge in [-0.2, -0.15) is 18.2 Å². The summed E-state index contributed by atoms with van der Waals surface area (Å²) in [5.74, 6) is 0.294. The Labute approximate surface area is 197 Å². The van der Waals surface area contributed by atoms with Crippen molar-refractivity contribution in [1.29, 1.82) is 0 Å². The molecule has 0 aliphatic heterocycles. The van der Waals surface area contributed by atoms with Crippen LogP contribution >= 0.6 is 0 Å². The Kier molecular flexibility index (Phi) is 7.55. The lowest BCUT2D eigenvalue weighted by atomic mass is 9.98. The number of para-hydroxylation sites is 2. The van der Waals surface area contributed by atoms with Crippen molar-refractivity contribution < 1.29 is 22.6 Å².